The highest BCUT2D eigenvalue weighted by molar-refractivity contribution is 5.95. The number of fused-ring (bicyclic) bond motifs is 1. The first-order valence-corrected chi connectivity index (χ1v) is 19.8. The van der Waals surface area contributed by atoms with Crippen molar-refractivity contribution in [3.63, 3.8) is 0 Å². The number of rotatable bonds is 20. The lowest BCUT2D eigenvalue weighted by atomic mass is 9.67. The number of carbonyl (C=O) groups is 4. The zero-order chi connectivity index (χ0) is 40.6. The zero-order valence-electron chi connectivity index (χ0n) is 34.4. The zero-order valence-corrected chi connectivity index (χ0v) is 34.4. The number of para-hydroxylation sites is 1. The number of aromatic amines is 1. The Morgan fingerprint density at radius 3 is 2.11 bits per heavy atom. The van der Waals surface area contributed by atoms with Gasteiger partial charge in [-0.3, -0.25) is 29.2 Å². The molecule has 2 heterocycles. The van der Waals surface area contributed by atoms with Crippen LogP contribution in [0.15, 0.2) is 48.5 Å². The molecule has 0 bridgehead atoms. The van der Waals surface area contributed by atoms with Gasteiger partial charge in [-0.2, -0.15) is 5.10 Å². The molecule has 1 fully saturated rings. The Morgan fingerprint density at radius 1 is 0.873 bits per heavy atom. The third-order valence-corrected chi connectivity index (χ3v) is 12.5. The molecule has 1 amide bonds. The van der Waals surface area contributed by atoms with Crippen LogP contribution in [-0.4, -0.2) is 111 Å². The monoisotopic (exact) mass is 758 g/mol. The average Bonchev–Trinajstić information content (AvgIpc) is 3.63. The van der Waals surface area contributed by atoms with E-state index in [1.165, 1.54) is 0 Å². The number of hydrogen-bond donors (Lipinski definition) is 2. The number of ether oxygens (including phenoxy) is 2. The lowest BCUT2D eigenvalue weighted by Gasteiger charge is -2.49. The number of amides is 1. The summed E-state index contributed by atoms with van der Waals surface area (Å²) in [6, 6.07) is 15.5. The van der Waals surface area contributed by atoms with Crippen LogP contribution in [0.5, 0.6) is 0 Å². The second-order valence-electron chi connectivity index (χ2n) is 15.7. The van der Waals surface area contributed by atoms with Crippen molar-refractivity contribution in [1.29, 1.82) is 0 Å². The maximum absolute atomic E-state index is 14.5. The van der Waals surface area contributed by atoms with E-state index < -0.39 is 40.7 Å². The Balaban J connectivity index is 1.41. The molecule has 1 aliphatic heterocycles. The van der Waals surface area contributed by atoms with Crippen LogP contribution >= 0.6 is 0 Å². The molecule has 300 valence electrons. The van der Waals surface area contributed by atoms with Crippen molar-refractivity contribution in [2.75, 3.05) is 39.4 Å². The second-order valence-corrected chi connectivity index (χ2v) is 15.7. The molecular formula is C44H62N4O7. The third kappa shape index (κ3) is 9.17. The lowest BCUT2D eigenvalue weighted by Crippen LogP contribution is -2.63. The number of aliphatic hydroxyl groups is 1. The van der Waals surface area contributed by atoms with Crippen LogP contribution in [0.4, 0.5) is 0 Å². The number of Topliss-reactive ketones (excluding diaryl/α,β-unsaturated/α-hetero) is 3. The number of hydrogen-bond acceptors (Lipinski definition) is 9. The SMILES string of the molecule is CCCC(C)(C(=O)C(C)OC(C)(CC)C(C)(CC)C(=O)COC(C)(CC)C(=O)CO)N1CCN(C(=O)c2ccc(/C=C/c3n[nH]c4ccccc34)cc2)CC1. The average molecular weight is 759 g/mol. The van der Waals surface area contributed by atoms with Gasteiger partial charge >= 0.3 is 0 Å². The van der Waals surface area contributed by atoms with E-state index in [2.05, 4.69) is 22.0 Å². The van der Waals surface area contributed by atoms with E-state index in [4.69, 9.17) is 9.47 Å². The number of aromatic nitrogens is 2. The van der Waals surface area contributed by atoms with E-state index in [0.29, 0.717) is 57.4 Å². The predicted molar refractivity (Wildman–Crippen MR) is 217 cm³/mol. The summed E-state index contributed by atoms with van der Waals surface area (Å²) in [6.07, 6.45) is 5.72. The molecule has 2 N–H and O–H groups in total. The van der Waals surface area contributed by atoms with Crippen LogP contribution in [0.3, 0.4) is 0 Å². The van der Waals surface area contributed by atoms with Crippen molar-refractivity contribution < 1.29 is 33.8 Å². The lowest BCUT2D eigenvalue weighted by molar-refractivity contribution is -0.185. The van der Waals surface area contributed by atoms with Gasteiger partial charge in [0.05, 0.1) is 27.8 Å². The maximum Gasteiger partial charge on any atom is 0.253 e. The van der Waals surface area contributed by atoms with Gasteiger partial charge in [0, 0.05) is 37.1 Å². The summed E-state index contributed by atoms with van der Waals surface area (Å²) in [5.41, 5.74) is -0.747. The van der Waals surface area contributed by atoms with E-state index in [-0.39, 0.29) is 24.1 Å². The Kier molecular flexibility index (Phi) is 14.5. The highest BCUT2D eigenvalue weighted by atomic mass is 16.5. The molecule has 55 heavy (non-hydrogen) atoms. The van der Waals surface area contributed by atoms with E-state index in [1.54, 1.807) is 20.8 Å². The first kappa shape index (κ1) is 43.7. The molecule has 0 radical (unpaired) electrons. The van der Waals surface area contributed by atoms with Crippen LogP contribution in [0.2, 0.25) is 0 Å². The minimum atomic E-state index is -1.28. The molecule has 1 aliphatic rings. The van der Waals surface area contributed by atoms with Crippen LogP contribution in [0.1, 0.15) is 116 Å². The minimum Gasteiger partial charge on any atom is -0.388 e. The topological polar surface area (TPSA) is 142 Å². The van der Waals surface area contributed by atoms with E-state index in [0.717, 1.165) is 28.6 Å². The summed E-state index contributed by atoms with van der Waals surface area (Å²) in [5.74, 6) is -0.807. The van der Waals surface area contributed by atoms with Crippen LogP contribution in [0, 0.1) is 5.41 Å². The molecule has 11 nitrogen and oxygen atoms in total. The Hall–Kier alpha value is -4.03. The van der Waals surface area contributed by atoms with Gasteiger partial charge in [-0.1, -0.05) is 70.5 Å². The number of H-pyrrole nitrogens is 1. The molecular weight excluding hydrogens is 697 g/mol. The fraction of sp³-hybridized carbons (Fsp3) is 0.568. The van der Waals surface area contributed by atoms with Gasteiger partial charge in [-0.15, -0.1) is 0 Å². The number of ketones is 3. The van der Waals surface area contributed by atoms with Crippen molar-refractivity contribution in [1.82, 2.24) is 20.0 Å². The van der Waals surface area contributed by atoms with Crippen molar-refractivity contribution in [2.24, 2.45) is 5.41 Å². The molecule has 0 spiro atoms. The quantitative estimate of drug-likeness (QED) is 0.126. The third-order valence-electron chi connectivity index (χ3n) is 12.5. The molecule has 1 saturated heterocycles. The Labute approximate surface area is 326 Å². The van der Waals surface area contributed by atoms with Crippen molar-refractivity contribution in [3.8, 4) is 0 Å². The summed E-state index contributed by atoms with van der Waals surface area (Å²) in [7, 11) is 0. The van der Waals surface area contributed by atoms with Crippen LogP contribution in [-0.2, 0) is 23.9 Å². The number of piperazine rings is 1. The van der Waals surface area contributed by atoms with Gasteiger partial charge < -0.3 is 19.5 Å². The Morgan fingerprint density at radius 2 is 1.53 bits per heavy atom. The summed E-state index contributed by atoms with van der Waals surface area (Å²) in [5, 5.41) is 17.9. The largest absolute Gasteiger partial charge is 0.388 e. The fourth-order valence-corrected chi connectivity index (χ4v) is 7.82. The summed E-state index contributed by atoms with van der Waals surface area (Å²) in [4.78, 5) is 58.3. The molecule has 4 rings (SSSR count). The van der Waals surface area contributed by atoms with Gasteiger partial charge in [0.1, 0.15) is 24.9 Å². The highest BCUT2D eigenvalue weighted by Gasteiger charge is 2.52. The molecule has 3 aromatic rings. The molecule has 0 saturated carbocycles. The molecule has 2 aromatic carbocycles. The molecule has 11 heteroatoms. The molecule has 5 unspecified atom stereocenters. The van der Waals surface area contributed by atoms with Crippen LogP contribution in [0.25, 0.3) is 23.1 Å². The van der Waals surface area contributed by atoms with Gasteiger partial charge in [0.15, 0.2) is 17.3 Å². The number of nitrogens with zero attached hydrogens (tertiary/aromatic N) is 3. The first-order valence-electron chi connectivity index (χ1n) is 19.8. The van der Waals surface area contributed by atoms with Crippen molar-refractivity contribution in [2.45, 2.75) is 117 Å². The predicted octanol–water partition coefficient (Wildman–Crippen LogP) is 6.92. The van der Waals surface area contributed by atoms with Gasteiger partial charge in [0.2, 0.25) is 0 Å². The van der Waals surface area contributed by atoms with Crippen LogP contribution < -0.4 is 0 Å². The normalized spacial score (nSPS) is 19.0. The summed E-state index contributed by atoms with van der Waals surface area (Å²) < 4.78 is 12.6. The maximum atomic E-state index is 14.5. The second kappa shape index (κ2) is 18.3. The molecule has 5 atom stereocenters. The molecule has 0 aliphatic carbocycles. The summed E-state index contributed by atoms with van der Waals surface area (Å²) in [6.45, 7) is 17.8. The number of aliphatic hydroxyl groups excluding tert-OH is 1. The summed E-state index contributed by atoms with van der Waals surface area (Å²) >= 11 is 0. The molecule has 1 aromatic heterocycles. The Bertz CT molecular complexity index is 1830. The van der Waals surface area contributed by atoms with E-state index >= 15 is 0 Å². The van der Waals surface area contributed by atoms with Gasteiger partial charge in [-0.05, 0) is 90.1 Å². The number of benzene rings is 2. The van der Waals surface area contributed by atoms with E-state index in [9.17, 15) is 24.3 Å². The number of nitrogens with one attached hydrogen (secondary N) is 1. The van der Waals surface area contributed by atoms with Crippen molar-refractivity contribution >= 4 is 46.3 Å². The smallest absolute Gasteiger partial charge is 0.253 e. The van der Waals surface area contributed by atoms with Gasteiger partial charge in [-0.25, -0.2) is 0 Å². The van der Waals surface area contributed by atoms with Gasteiger partial charge in [0.25, 0.3) is 5.91 Å². The van der Waals surface area contributed by atoms with Crippen molar-refractivity contribution in [3.05, 3.63) is 65.4 Å². The minimum absolute atomic E-state index is 0.0418. The highest BCUT2D eigenvalue weighted by Crippen LogP contribution is 2.43. The fourth-order valence-electron chi connectivity index (χ4n) is 7.82. The number of carbonyl (C=O) groups excluding carboxylic acids is 4. The van der Waals surface area contributed by atoms with E-state index in [1.807, 2.05) is 100 Å². The standard InChI is InChI=1S/C44H62N4O7/c1-10-24-42(7,39(52)31(5)55-44(9,13-4)41(6,11-2)38(51)30-54-43(8,12-3)37(50)29-49)48-27-25-47(26-28-48)40(53)33-21-18-32(19-22-33)20-23-36-34-16-14-15-17-35(34)45-46-36/h14-23,31,49H,10-13,24-30H2,1-9H3,(H,45,46)/b23-20+. The first-order chi connectivity index (χ1) is 26.1.